The van der Waals surface area contributed by atoms with Gasteiger partial charge in [-0.25, -0.2) is 8.78 Å². The molecular formula is C14H21F2NO2. The van der Waals surface area contributed by atoms with Gasteiger partial charge < -0.3 is 5.11 Å². The van der Waals surface area contributed by atoms with Crippen LogP contribution >= 0.6 is 0 Å². The fourth-order valence-electron chi connectivity index (χ4n) is 4.45. The van der Waals surface area contributed by atoms with Crippen LogP contribution in [0, 0.1) is 17.8 Å². The molecule has 0 aromatic heterocycles. The molecule has 3 aliphatic rings. The first kappa shape index (κ1) is 13.3. The van der Waals surface area contributed by atoms with Gasteiger partial charge in [0.15, 0.2) is 0 Å². The number of rotatable bonds is 3. The first-order valence-corrected chi connectivity index (χ1v) is 7.31. The third-order valence-corrected chi connectivity index (χ3v) is 5.24. The predicted molar refractivity (Wildman–Crippen MR) is 66.1 cm³/mol. The molecule has 4 atom stereocenters. The molecule has 2 saturated carbocycles. The number of likely N-dealkylation sites (tertiary alicyclic amines) is 1. The molecule has 1 N–H and O–H groups in total. The van der Waals surface area contributed by atoms with E-state index in [1.807, 2.05) is 4.90 Å². The SMILES string of the molecule is O=C(O)C1C2CCCC2CN1CC1CCC(F)(F)C1. The van der Waals surface area contributed by atoms with Crippen LogP contribution in [-0.4, -0.2) is 41.0 Å². The van der Waals surface area contributed by atoms with E-state index in [4.69, 9.17) is 0 Å². The minimum Gasteiger partial charge on any atom is -0.480 e. The second-order valence-electron chi connectivity index (χ2n) is 6.56. The minimum atomic E-state index is -2.53. The lowest BCUT2D eigenvalue weighted by Gasteiger charge is -2.26. The standard InChI is InChI=1S/C14H21F2NO2/c15-14(16)5-4-9(6-14)7-17-8-10-2-1-3-11(10)12(17)13(18)19/h9-12H,1-8H2,(H,18,19). The zero-order valence-corrected chi connectivity index (χ0v) is 11.0. The summed E-state index contributed by atoms with van der Waals surface area (Å²) in [4.78, 5) is 13.4. The van der Waals surface area contributed by atoms with Crippen LogP contribution in [0.4, 0.5) is 8.78 Å². The van der Waals surface area contributed by atoms with Crippen LogP contribution < -0.4 is 0 Å². The molecule has 0 aromatic carbocycles. The Bertz CT molecular complexity index is 374. The van der Waals surface area contributed by atoms with Crippen molar-refractivity contribution in [2.45, 2.75) is 50.5 Å². The van der Waals surface area contributed by atoms with E-state index < -0.39 is 17.9 Å². The molecule has 5 heteroatoms. The van der Waals surface area contributed by atoms with Gasteiger partial charge >= 0.3 is 5.97 Å². The zero-order valence-electron chi connectivity index (χ0n) is 11.0. The van der Waals surface area contributed by atoms with E-state index in [1.165, 1.54) is 0 Å². The highest BCUT2D eigenvalue weighted by atomic mass is 19.3. The molecule has 19 heavy (non-hydrogen) atoms. The Labute approximate surface area is 112 Å². The summed E-state index contributed by atoms with van der Waals surface area (Å²) in [5.41, 5.74) is 0. The van der Waals surface area contributed by atoms with Crippen LogP contribution in [0.2, 0.25) is 0 Å². The lowest BCUT2D eigenvalue weighted by Crippen LogP contribution is -2.41. The smallest absolute Gasteiger partial charge is 0.321 e. The molecule has 0 amide bonds. The highest BCUT2D eigenvalue weighted by Gasteiger charge is 2.49. The summed E-state index contributed by atoms with van der Waals surface area (Å²) in [5, 5.41) is 9.42. The maximum absolute atomic E-state index is 13.2. The third-order valence-electron chi connectivity index (χ3n) is 5.24. The van der Waals surface area contributed by atoms with Crippen LogP contribution in [0.15, 0.2) is 0 Å². The molecule has 1 saturated heterocycles. The molecule has 3 rings (SSSR count). The van der Waals surface area contributed by atoms with E-state index in [-0.39, 0.29) is 24.7 Å². The van der Waals surface area contributed by atoms with Crippen LogP contribution in [-0.2, 0) is 4.79 Å². The van der Waals surface area contributed by atoms with Crippen molar-refractivity contribution in [3.05, 3.63) is 0 Å². The summed E-state index contributed by atoms with van der Waals surface area (Å²) in [6.45, 7) is 1.34. The molecule has 1 heterocycles. The largest absolute Gasteiger partial charge is 0.480 e. The molecule has 2 aliphatic carbocycles. The van der Waals surface area contributed by atoms with Gasteiger partial charge in [-0.2, -0.15) is 0 Å². The van der Waals surface area contributed by atoms with Gasteiger partial charge in [0.1, 0.15) is 6.04 Å². The highest BCUT2D eigenvalue weighted by molar-refractivity contribution is 5.74. The molecule has 0 aromatic rings. The summed E-state index contributed by atoms with van der Waals surface area (Å²) in [6, 6.07) is -0.429. The minimum absolute atomic E-state index is 0.0316. The summed E-state index contributed by atoms with van der Waals surface area (Å²) < 4.78 is 26.4. The summed E-state index contributed by atoms with van der Waals surface area (Å²) in [6.07, 6.45) is 3.64. The highest BCUT2D eigenvalue weighted by Crippen LogP contribution is 2.44. The lowest BCUT2D eigenvalue weighted by atomic mass is 9.94. The molecule has 3 fully saturated rings. The van der Waals surface area contributed by atoms with E-state index in [1.54, 1.807) is 0 Å². The lowest BCUT2D eigenvalue weighted by molar-refractivity contribution is -0.143. The number of halogens is 2. The average Bonchev–Trinajstić information content (AvgIpc) is 2.92. The number of carboxylic acid groups (broad SMARTS) is 1. The number of alkyl halides is 2. The van der Waals surface area contributed by atoms with E-state index in [9.17, 15) is 18.7 Å². The Morgan fingerprint density at radius 3 is 2.74 bits per heavy atom. The second-order valence-corrected chi connectivity index (χ2v) is 6.56. The van der Waals surface area contributed by atoms with E-state index >= 15 is 0 Å². The molecule has 108 valence electrons. The van der Waals surface area contributed by atoms with Gasteiger partial charge in [0.25, 0.3) is 0 Å². The molecular weight excluding hydrogens is 252 g/mol. The van der Waals surface area contributed by atoms with Gasteiger partial charge in [-0.1, -0.05) is 6.42 Å². The molecule has 1 aliphatic heterocycles. The number of aliphatic carboxylic acids is 1. The number of carboxylic acids is 1. The monoisotopic (exact) mass is 273 g/mol. The number of nitrogens with zero attached hydrogens (tertiary/aromatic N) is 1. The quantitative estimate of drug-likeness (QED) is 0.859. The molecule has 0 spiro atoms. The predicted octanol–water partition coefficient (Wildman–Crippen LogP) is 2.61. The molecule has 3 nitrogen and oxygen atoms in total. The number of hydrogen-bond donors (Lipinski definition) is 1. The van der Waals surface area contributed by atoms with Gasteiger partial charge in [0, 0.05) is 25.9 Å². The topological polar surface area (TPSA) is 40.5 Å². The van der Waals surface area contributed by atoms with Crippen molar-refractivity contribution in [1.29, 1.82) is 0 Å². The number of fused-ring (bicyclic) bond motifs is 1. The Kier molecular flexibility index (Phi) is 3.28. The van der Waals surface area contributed by atoms with Crippen LogP contribution in [0.25, 0.3) is 0 Å². The first-order chi connectivity index (χ1) is 8.96. The van der Waals surface area contributed by atoms with E-state index in [2.05, 4.69) is 0 Å². The summed E-state index contributed by atoms with van der Waals surface area (Å²) >= 11 is 0. The third kappa shape index (κ3) is 2.49. The van der Waals surface area contributed by atoms with Crippen LogP contribution in [0.3, 0.4) is 0 Å². The van der Waals surface area contributed by atoms with Crippen LogP contribution in [0.5, 0.6) is 0 Å². The van der Waals surface area contributed by atoms with Crippen molar-refractivity contribution in [2.75, 3.05) is 13.1 Å². The van der Waals surface area contributed by atoms with Crippen molar-refractivity contribution in [2.24, 2.45) is 17.8 Å². The fraction of sp³-hybridized carbons (Fsp3) is 0.929. The fourth-order valence-corrected chi connectivity index (χ4v) is 4.45. The van der Waals surface area contributed by atoms with Crippen molar-refractivity contribution in [3.63, 3.8) is 0 Å². The van der Waals surface area contributed by atoms with Crippen molar-refractivity contribution >= 4 is 5.97 Å². The Hall–Kier alpha value is -0.710. The zero-order chi connectivity index (χ0) is 13.6. The summed E-state index contributed by atoms with van der Waals surface area (Å²) in [7, 11) is 0. The van der Waals surface area contributed by atoms with Gasteiger partial charge in [0.05, 0.1) is 0 Å². The van der Waals surface area contributed by atoms with Crippen molar-refractivity contribution in [1.82, 2.24) is 4.90 Å². The van der Waals surface area contributed by atoms with E-state index in [0.717, 1.165) is 25.8 Å². The Balaban J connectivity index is 1.66. The Morgan fingerprint density at radius 1 is 1.32 bits per heavy atom. The first-order valence-electron chi connectivity index (χ1n) is 7.31. The van der Waals surface area contributed by atoms with Gasteiger partial charge in [-0.05, 0) is 37.0 Å². The van der Waals surface area contributed by atoms with Crippen molar-refractivity contribution < 1.29 is 18.7 Å². The molecule has 0 bridgehead atoms. The molecule has 4 unspecified atom stereocenters. The van der Waals surface area contributed by atoms with Gasteiger partial charge in [-0.15, -0.1) is 0 Å². The second kappa shape index (κ2) is 4.69. The van der Waals surface area contributed by atoms with Crippen LogP contribution in [0.1, 0.15) is 38.5 Å². The molecule has 0 radical (unpaired) electrons. The average molecular weight is 273 g/mol. The number of carbonyl (C=O) groups is 1. The van der Waals surface area contributed by atoms with Gasteiger partial charge in [0.2, 0.25) is 5.92 Å². The maximum Gasteiger partial charge on any atom is 0.321 e. The van der Waals surface area contributed by atoms with E-state index in [0.29, 0.717) is 18.9 Å². The maximum atomic E-state index is 13.2. The van der Waals surface area contributed by atoms with Gasteiger partial charge in [-0.3, -0.25) is 9.69 Å². The number of hydrogen-bond acceptors (Lipinski definition) is 2. The van der Waals surface area contributed by atoms with Crippen molar-refractivity contribution in [3.8, 4) is 0 Å². The Morgan fingerprint density at radius 2 is 2.11 bits per heavy atom. The summed E-state index contributed by atoms with van der Waals surface area (Å²) in [5.74, 6) is -2.60. The normalized spacial score (nSPS) is 41.6.